The maximum Gasteiger partial charge on any atom is 0.312 e. The normalized spacial score (nSPS) is 21.6. The molecule has 2 heterocycles. The van der Waals surface area contributed by atoms with E-state index in [0.717, 1.165) is 0 Å². The van der Waals surface area contributed by atoms with Gasteiger partial charge in [0, 0.05) is 24.8 Å². The van der Waals surface area contributed by atoms with Crippen LogP contribution in [-0.2, 0) is 4.79 Å². The van der Waals surface area contributed by atoms with Crippen molar-refractivity contribution in [3.63, 3.8) is 0 Å². The molecular weight excluding hydrogens is 276 g/mol. The van der Waals surface area contributed by atoms with Crippen LogP contribution in [0.4, 0.5) is 11.5 Å². The number of hydrogen-bond donors (Lipinski definition) is 1. The maximum absolute atomic E-state index is 11.1. The lowest BCUT2D eigenvalue weighted by molar-refractivity contribution is -0.384. The summed E-state index contributed by atoms with van der Waals surface area (Å²) >= 11 is 0. The van der Waals surface area contributed by atoms with Gasteiger partial charge < -0.3 is 10.0 Å². The Labute approximate surface area is 120 Å². The first-order valence-electron chi connectivity index (χ1n) is 6.48. The molecule has 1 aliphatic heterocycles. The van der Waals surface area contributed by atoms with Crippen LogP contribution >= 0.6 is 0 Å². The SMILES string of the molecule is CC1CC(C(=O)O)CCN1c1ncc(C#N)cc1[N+](=O)[O-]. The van der Waals surface area contributed by atoms with Gasteiger partial charge in [0.1, 0.15) is 6.07 Å². The summed E-state index contributed by atoms with van der Waals surface area (Å²) in [6.45, 7) is 2.20. The first kappa shape index (κ1) is 14.7. The van der Waals surface area contributed by atoms with Crippen molar-refractivity contribution in [1.29, 1.82) is 5.26 Å². The highest BCUT2D eigenvalue weighted by Gasteiger charge is 2.33. The maximum atomic E-state index is 11.1. The molecule has 2 unspecified atom stereocenters. The van der Waals surface area contributed by atoms with E-state index < -0.39 is 16.8 Å². The quantitative estimate of drug-likeness (QED) is 0.662. The van der Waals surface area contributed by atoms with Gasteiger partial charge in [-0.15, -0.1) is 0 Å². The molecule has 0 aromatic carbocycles. The summed E-state index contributed by atoms with van der Waals surface area (Å²) in [6, 6.07) is 2.85. The number of nitriles is 1. The Balaban J connectivity index is 2.32. The molecule has 2 atom stereocenters. The summed E-state index contributed by atoms with van der Waals surface area (Å²) in [5, 5.41) is 29.0. The van der Waals surface area contributed by atoms with Gasteiger partial charge in [-0.3, -0.25) is 14.9 Å². The highest BCUT2D eigenvalue weighted by Crippen LogP contribution is 2.33. The lowest BCUT2D eigenvalue weighted by Crippen LogP contribution is -2.43. The Morgan fingerprint density at radius 1 is 1.67 bits per heavy atom. The topological polar surface area (TPSA) is 120 Å². The van der Waals surface area contributed by atoms with E-state index >= 15 is 0 Å². The molecule has 110 valence electrons. The number of aliphatic carboxylic acids is 1. The van der Waals surface area contributed by atoms with E-state index in [1.807, 2.05) is 13.0 Å². The van der Waals surface area contributed by atoms with E-state index in [4.69, 9.17) is 10.4 Å². The zero-order valence-corrected chi connectivity index (χ0v) is 11.4. The molecule has 0 amide bonds. The number of carboxylic acids is 1. The van der Waals surface area contributed by atoms with Crippen molar-refractivity contribution in [3.8, 4) is 6.07 Å². The standard InChI is InChI=1S/C13H14N4O4/c1-8-4-10(13(18)19)2-3-16(8)12-11(17(20)21)5-9(6-14)7-15-12/h5,7-8,10H,2-4H2,1H3,(H,18,19). The summed E-state index contributed by atoms with van der Waals surface area (Å²) < 4.78 is 0. The first-order chi connectivity index (χ1) is 9.93. The smallest absolute Gasteiger partial charge is 0.312 e. The van der Waals surface area contributed by atoms with E-state index in [0.29, 0.717) is 19.4 Å². The number of piperidine rings is 1. The summed E-state index contributed by atoms with van der Waals surface area (Å²) in [4.78, 5) is 27.4. The van der Waals surface area contributed by atoms with Crippen molar-refractivity contribution in [2.45, 2.75) is 25.8 Å². The molecule has 0 aliphatic carbocycles. The van der Waals surface area contributed by atoms with Crippen molar-refractivity contribution in [3.05, 3.63) is 27.9 Å². The Morgan fingerprint density at radius 3 is 2.90 bits per heavy atom. The second kappa shape index (κ2) is 5.75. The Bertz CT molecular complexity index is 625. The van der Waals surface area contributed by atoms with Crippen LogP contribution in [0, 0.1) is 27.4 Å². The largest absolute Gasteiger partial charge is 0.481 e. The van der Waals surface area contributed by atoms with Gasteiger partial charge in [0.2, 0.25) is 5.82 Å². The molecule has 1 aliphatic rings. The number of carboxylic acid groups (broad SMARTS) is 1. The summed E-state index contributed by atoms with van der Waals surface area (Å²) in [5.41, 5.74) is -0.104. The third kappa shape index (κ3) is 2.91. The van der Waals surface area contributed by atoms with Crippen LogP contribution in [0.25, 0.3) is 0 Å². The van der Waals surface area contributed by atoms with Crippen molar-refractivity contribution in [2.75, 3.05) is 11.4 Å². The van der Waals surface area contributed by atoms with E-state index in [1.54, 1.807) is 4.90 Å². The second-order valence-electron chi connectivity index (χ2n) is 5.04. The van der Waals surface area contributed by atoms with E-state index in [-0.39, 0.29) is 23.1 Å². The number of nitro groups is 1. The number of hydrogen-bond acceptors (Lipinski definition) is 6. The monoisotopic (exact) mass is 290 g/mol. The average Bonchev–Trinajstić information content (AvgIpc) is 2.46. The number of aromatic nitrogens is 1. The molecule has 8 nitrogen and oxygen atoms in total. The lowest BCUT2D eigenvalue weighted by Gasteiger charge is -2.36. The zero-order chi connectivity index (χ0) is 15.6. The molecule has 1 aromatic heterocycles. The summed E-state index contributed by atoms with van der Waals surface area (Å²) in [7, 11) is 0. The van der Waals surface area contributed by atoms with Crippen molar-refractivity contribution >= 4 is 17.5 Å². The van der Waals surface area contributed by atoms with E-state index in [2.05, 4.69) is 4.98 Å². The third-order valence-electron chi connectivity index (χ3n) is 3.67. The van der Waals surface area contributed by atoms with Gasteiger partial charge in [0.05, 0.1) is 16.4 Å². The summed E-state index contributed by atoms with van der Waals surface area (Å²) in [5.74, 6) is -1.09. The highest BCUT2D eigenvalue weighted by atomic mass is 16.6. The predicted octanol–water partition coefficient (Wildman–Crippen LogP) is 1.55. The molecule has 1 saturated heterocycles. The minimum atomic E-state index is -0.844. The number of carbonyl (C=O) groups is 1. The minimum Gasteiger partial charge on any atom is -0.481 e. The van der Waals surface area contributed by atoms with Crippen LogP contribution < -0.4 is 4.90 Å². The lowest BCUT2D eigenvalue weighted by atomic mass is 9.91. The van der Waals surface area contributed by atoms with E-state index in [9.17, 15) is 14.9 Å². The molecule has 1 aromatic rings. The fourth-order valence-electron chi connectivity index (χ4n) is 2.57. The van der Waals surface area contributed by atoms with Crippen LogP contribution in [0.1, 0.15) is 25.3 Å². The molecule has 2 rings (SSSR count). The molecule has 1 fully saturated rings. The van der Waals surface area contributed by atoms with Crippen LogP contribution in [-0.4, -0.2) is 33.6 Å². The van der Waals surface area contributed by atoms with Crippen LogP contribution in [0.2, 0.25) is 0 Å². The number of rotatable bonds is 3. The zero-order valence-electron chi connectivity index (χ0n) is 11.4. The van der Waals surface area contributed by atoms with Crippen LogP contribution in [0.5, 0.6) is 0 Å². The molecule has 1 N–H and O–H groups in total. The Kier molecular flexibility index (Phi) is 4.03. The van der Waals surface area contributed by atoms with Crippen molar-refractivity contribution < 1.29 is 14.8 Å². The van der Waals surface area contributed by atoms with Crippen LogP contribution in [0.15, 0.2) is 12.3 Å². The third-order valence-corrected chi connectivity index (χ3v) is 3.67. The summed E-state index contributed by atoms with van der Waals surface area (Å²) in [6.07, 6.45) is 2.12. The first-order valence-corrected chi connectivity index (χ1v) is 6.48. The molecular formula is C13H14N4O4. The van der Waals surface area contributed by atoms with Crippen molar-refractivity contribution in [2.24, 2.45) is 5.92 Å². The second-order valence-corrected chi connectivity index (χ2v) is 5.04. The minimum absolute atomic E-state index is 0.124. The molecule has 0 bridgehead atoms. The van der Waals surface area contributed by atoms with Gasteiger partial charge in [-0.25, -0.2) is 4.98 Å². The molecule has 0 saturated carbocycles. The molecule has 0 radical (unpaired) electrons. The van der Waals surface area contributed by atoms with Crippen LogP contribution in [0.3, 0.4) is 0 Å². The number of nitrogens with zero attached hydrogens (tertiary/aromatic N) is 4. The fourth-order valence-corrected chi connectivity index (χ4v) is 2.57. The van der Waals surface area contributed by atoms with Gasteiger partial charge in [0.25, 0.3) is 0 Å². The molecule has 8 heteroatoms. The Morgan fingerprint density at radius 2 is 2.38 bits per heavy atom. The Hall–Kier alpha value is -2.69. The average molecular weight is 290 g/mol. The van der Waals surface area contributed by atoms with E-state index in [1.165, 1.54) is 12.3 Å². The highest BCUT2D eigenvalue weighted by molar-refractivity contribution is 5.71. The van der Waals surface area contributed by atoms with Gasteiger partial charge >= 0.3 is 11.7 Å². The van der Waals surface area contributed by atoms with Gasteiger partial charge in [-0.2, -0.15) is 5.26 Å². The molecule has 21 heavy (non-hydrogen) atoms. The fraction of sp³-hybridized carbons (Fsp3) is 0.462. The van der Waals surface area contributed by atoms with Crippen molar-refractivity contribution in [1.82, 2.24) is 4.98 Å². The predicted molar refractivity (Wildman–Crippen MR) is 72.8 cm³/mol. The number of anilines is 1. The van der Waals surface area contributed by atoms with Gasteiger partial charge in [-0.05, 0) is 19.8 Å². The van der Waals surface area contributed by atoms with Gasteiger partial charge in [0.15, 0.2) is 0 Å². The molecule has 0 spiro atoms. The number of pyridine rings is 1. The van der Waals surface area contributed by atoms with Gasteiger partial charge in [-0.1, -0.05) is 0 Å².